The average Bonchev–Trinajstić information content (AvgIpc) is 2.67. The maximum absolute atomic E-state index is 12.9. The number of hydrogen-bond donors (Lipinski definition) is 1. The molecule has 0 saturated carbocycles. The molecule has 0 spiro atoms. The third kappa shape index (κ3) is 6.04. The first-order chi connectivity index (χ1) is 13.5. The lowest BCUT2D eigenvalue weighted by molar-refractivity contribution is -0.0679. The van der Waals surface area contributed by atoms with Gasteiger partial charge in [0.15, 0.2) is 0 Å². The quantitative estimate of drug-likeness (QED) is 0.735. The fraction of sp³-hybridized carbons (Fsp3) is 0.409. The van der Waals surface area contributed by atoms with Crippen molar-refractivity contribution in [3.8, 4) is 11.5 Å². The average molecular weight is 386 g/mol. The molecule has 0 aromatic heterocycles. The standard InChI is InChI=1S/C22H27FN2O3/c1-16-14-25(15-17(2)27-16)13-3-12-24-22(26)18-4-8-20(9-5-18)28-21-10-6-19(23)7-11-21/h4-11,16-17H,3,12-15H2,1-2H3,(H,24,26)/t16-,17-/m1/s1. The Bertz CT molecular complexity index is 754. The Hall–Kier alpha value is -2.44. The second kappa shape index (κ2) is 9.66. The lowest BCUT2D eigenvalue weighted by Gasteiger charge is -2.35. The van der Waals surface area contributed by atoms with Gasteiger partial charge in [-0.2, -0.15) is 0 Å². The summed E-state index contributed by atoms with van der Waals surface area (Å²) in [5, 5.41) is 2.96. The number of rotatable bonds is 7. The number of carbonyl (C=O) groups excluding carboxylic acids is 1. The van der Waals surface area contributed by atoms with Crippen LogP contribution in [0, 0.1) is 5.82 Å². The highest BCUT2D eigenvalue weighted by Gasteiger charge is 2.21. The highest BCUT2D eigenvalue weighted by atomic mass is 19.1. The number of carbonyl (C=O) groups is 1. The smallest absolute Gasteiger partial charge is 0.251 e. The van der Waals surface area contributed by atoms with Crippen molar-refractivity contribution < 1.29 is 18.7 Å². The van der Waals surface area contributed by atoms with Crippen LogP contribution in [0.5, 0.6) is 11.5 Å². The van der Waals surface area contributed by atoms with Crippen molar-refractivity contribution in [3.05, 3.63) is 59.9 Å². The molecule has 28 heavy (non-hydrogen) atoms. The van der Waals surface area contributed by atoms with E-state index >= 15 is 0 Å². The van der Waals surface area contributed by atoms with Gasteiger partial charge in [-0.15, -0.1) is 0 Å². The number of morpholine rings is 1. The second-order valence-electron chi connectivity index (χ2n) is 7.21. The van der Waals surface area contributed by atoms with Crippen molar-refractivity contribution >= 4 is 5.91 Å². The lowest BCUT2D eigenvalue weighted by atomic mass is 10.2. The number of amides is 1. The van der Waals surface area contributed by atoms with Gasteiger partial charge in [-0.05, 0) is 68.8 Å². The maximum Gasteiger partial charge on any atom is 0.251 e. The minimum Gasteiger partial charge on any atom is -0.457 e. The summed E-state index contributed by atoms with van der Waals surface area (Å²) in [5.74, 6) is 0.734. The fourth-order valence-corrected chi connectivity index (χ4v) is 3.39. The van der Waals surface area contributed by atoms with Gasteiger partial charge in [0.25, 0.3) is 5.91 Å². The largest absolute Gasteiger partial charge is 0.457 e. The molecule has 3 rings (SSSR count). The molecule has 1 saturated heterocycles. The molecule has 2 atom stereocenters. The lowest BCUT2D eigenvalue weighted by Crippen LogP contribution is -2.46. The van der Waals surface area contributed by atoms with Gasteiger partial charge in [0.05, 0.1) is 12.2 Å². The van der Waals surface area contributed by atoms with Crippen LogP contribution in [0.25, 0.3) is 0 Å². The zero-order valence-corrected chi connectivity index (χ0v) is 16.4. The van der Waals surface area contributed by atoms with Crippen LogP contribution < -0.4 is 10.1 Å². The highest BCUT2D eigenvalue weighted by molar-refractivity contribution is 5.94. The molecule has 0 aliphatic carbocycles. The normalized spacial score (nSPS) is 20.0. The van der Waals surface area contributed by atoms with E-state index in [2.05, 4.69) is 24.1 Å². The van der Waals surface area contributed by atoms with E-state index < -0.39 is 0 Å². The number of nitrogens with zero attached hydrogens (tertiary/aromatic N) is 1. The summed E-state index contributed by atoms with van der Waals surface area (Å²) in [6.45, 7) is 7.64. The highest BCUT2D eigenvalue weighted by Crippen LogP contribution is 2.21. The molecular formula is C22H27FN2O3. The molecule has 1 fully saturated rings. The predicted octanol–water partition coefficient (Wildman–Crippen LogP) is 3.85. The molecule has 2 aromatic carbocycles. The van der Waals surface area contributed by atoms with Crippen LogP contribution in [-0.2, 0) is 4.74 Å². The summed E-state index contributed by atoms with van der Waals surface area (Å²) in [7, 11) is 0. The van der Waals surface area contributed by atoms with Crippen LogP contribution >= 0.6 is 0 Å². The predicted molar refractivity (Wildman–Crippen MR) is 106 cm³/mol. The molecule has 2 aromatic rings. The molecule has 1 heterocycles. The van der Waals surface area contributed by atoms with Gasteiger partial charge in [0, 0.05) is 31.7 Å². The molecular weight excluding hydrogens is 359 g/mol. The van der Waals surface area contributed by atoms with E-state index in [4.69, 9.17) is 9.47 Å². The van der Waals surface area contributed by atoms with Gasteiger partial charge in [-0.25, -0.2) is 4.39 Å². The maximum atomic E-state index is 12.9. The van der Waals surface area contributed by atoms with Crippen molar-refractivity contribution in [1.82, 2.24) is 10.2 Å². The zero-order valence-electron chi connectivity index (χ0n) is 16.4. The van der Waals surface area contributed by atoms with Crippen molar-refractivity contribution in [1.29, 1.82) is 0 Å². The first-order valence-corrected chi connectivity index (χ1v) is 9.69. The monoisotopic (exact) mass is 386 g/mol. The summed E-state index contributed by atoms with van der Waals surface area (Å²) in [6.07, 6.45) is 1.42. The molecule has 1 aliphatic rings. The first kappa shape index (κ1) is 20.3. The van der Waals surface area contributed by atoms with E-state index in [1.165, 1.54) is 12.1 Å². The molecule has 6 heteroatoms. The van der Waals surface area contributed by atoms with Gasteiger partial charge in [0.1, 0.15) is 17.3 Å². The zero-order chi connectivity index (χ0) is 19.9. The van der Waals surface area contributed by atoms with E-state index in [1.807, 2.05) is 0 Å². The molecule has 150 valence electrons. The Kier molecular flexibility index (Phi) is 7.01. The SMILES string of the molecule is C[C@@H]1CN(CCCNC(=O)c2ccc(Oc3ccc(F)cc3)cc2)C[C@@H](C)O1. The molecule has 0 radical (unpaired) electrons. The van der Waals surface area contributed by atoms with Crippen molar-refractivity contribution in [2.24, 2.45) is 0 Å². The Morgan fingerprint density at radius 1 is 1.07 bits per heavy atom. The molecule has 0 bridgehead atoms. The topological polar surface area (TPSA) is 50.8 Å². The number of nitrogens with one attached hydrogen (secondary N) is 1. The number of benzene rings is 2. The Morgan fingerprint density at radius 3 is 2.25 bits per heavy atom. The molecule has 1 amide bonds. The summed E-state index contributed by atoms with van der Waals surface area (Å²) >= 11 is 0. The van der Waals surface area contributed by atoms with E-state index in [9.17, 15) is 9.18 Å². The van der Waals surface area contributed by atoms with E-state index in [0.29, 0.717) is 23.6 Å². The summed E-state index contributed by atoms with van der Waals surface area (Å²) in [4.78, 5) is 14.7. The third-order valence-corrected chi connectivity index (χ3v) is 4.60. The Labute approximate surface area is 165 Å². The molecule has 1 N–H and O–H groups in total. The van der Waals surface area contributed by atoms with Crippen LogP contribution in [0.1, 0.15) is 30.6 Å². The van der Waals surface area contributed by atoms with Gasteiger partial charge in [-0.3, -0.25) is 9.69 Å². The third-order valence-electron chi connectivity index (χ3n) is 4.60. The minimum absolute atomic E-state index is 0.1000. The van der Waals surface area contributed by atoms with E-state index in [1.54, 1.807) is 36.4 Å². The van der Waals surface area contributed by atoms with Gasteiger partial charge < -0.3 is 14.8 Å². The van der Waals surface area contributed by atoms with E-state index in [0.717, 1.165) is 26.1 Å². The fourth-order valence-electron chi connectivity index (χ4n) is 3.39. The molecule has 5 nitrogen and oxygen atoms in total. The summed E-state index contributed by atoms with van der Waals surface area (Å²) in [6, 6.07) is 12.7. The van der Waals surface area contributed by atoms with Gasteiger partial charge >= 0.3 is 0 Å². The van der Waals surface area contributed by atoms with Crippen molar-refractivity contribution in [2.75, 3.05) is 26.2 Å². The minimum atomic E-state index is -0.308. The van der Waals surface area contributed by atoms with Crippen molar-refractivity contribution in [2.45, 2.75) is 32.5 Å². The van der Waals surface area contributed by atoms with Crippen LogP contribution in [0.15, 0.2) is 48.5 Å². The van der Waals surface area contributed by atoms with Gasteiger partial charge in [0.2, 0.25) is 0 Å². The first-order valence-electron chi connectivity index (χ1n) is 9.69. The molecule has 0 unspecified atom stereocenters. The Morgan fingerprint density at radius 2 is 1.64 bits per heavy atom. The van der Waals surface area contributed by atoms with Crippen LogP contribution in [0.4, 0.5) is 4.39 Å². The number of halogens is 1. The Balaban J connectivity index is 1.41. The summed E-state index contributed by atoms with van der Waals surface area (Å²) in [5.41, 5.74) is 0.583. The number of hydrogen-bond acceptors (Lipinski definition) is 4. The van der Waals surface area contributed by atoms with Crippen LogP contribution in [0.2, 0.25) is 0 Å². The molecule has 1 aliphatic heterocycles. The van der Waals surface area contributed by atoms with E-state index in [-0.39, 0.29) is 23.9 Å². The van der Waals surface area contributed by atoms with Crippen LogP contribution in [-0.4, -0.2) is 49.2 Å². The number of ether oxygens (including phenoxy) is 2. The van der Waals surface area contributed by atoms with Gasteiger partial charge in [-0.1, -0.05) is 0 Å². The second-order valence-corrected chi connectivity index (χ2v) is 7.21. The summed E-state index contributed by atoms with van der Waals surface area (Å²) < 4.78 is 24.3. The van der Waals surface area contributed by atoms with Crippen molar-refractivity contribution in [3.63, 3.8) is 0 Å². The van der Waals surface area contributed by atoms with Crippen LogP contribution in [0.3, 0.4) is 0 Å².